The first-order chi connectivity index (χ1) is 8.80. The van der Waals surface area contributed by atoms with Crippen LogP contribution in [-0.2, 0) is 6.42 Å². The highest BCUT2D eigenvalue weighted by Gasteiger charge is 2.33. The molecule has 1 aromatic rings. The summed E-state index contributed by atoms with van der Waals surface area (Å²) in [5.41, 5.74) is 6.75. The first kappa shape index (κ1) is 14.4. The van der Waals surface area contributed by atoms with Gasteiger partial charge in [0.15, 0.2) is 0 Å². The summed E-state index contributed by atoms with van der Waals surface area (Å²) in [6.45, 7) is 4.50. The second-order valence-corrected chi connectivity index (χ2v) is 6.79. The molecular weight excluding hydrogens is 244 g/mol. The van der Waals surface area contributed by atoms with Crippen LogP contribution in [0.1, 0.15) is 51.5 Å². The highest BCUT2D eigenvalue weighted by molar-refractivity contribution is 5.21. The van der Waals surface area contributed by atoms with Gasteiger partial charge in [0.1, 0.15) is 11.6 Å². The van der Waals surface area contributed by atoms with E-state index < -0.39 is 11.4 Å². The number of halogens is 2. The van der Waals surface area contributed by atoms with Crippen LogP contribution in [0.15, 0.2) is 18.2 Å². The van der Waals surface area contributed by atoms with Crippen molar-refractivity contribution in [1.82, 2.24) is 0 Å². The van der Waals surface area contributed by atoms with Crippen LogP contribution in [-0.4, -0.2) is 5.54 Å². The minimum Gasteiger partial charge on any atom is -0.325 e. The van der Waals surface area contributed by atoms with Crippen molar-refractivity contribution in [2.24, 2.45) is 11.1 Å². The maximum absolute atomic E-state index is 13.7. The molecule has 1 aliphatic carbocycles. The largest absolute Gasteiger partial charge is 0.325 e. The van der Waals surface area contributed by atoms with Crippen LogP contribution < -0.4 is 5.73 Å². The van der Waals surface area contributed by atoms with Crippen molar-refractivity contribution in [3.63, 3.8) is 0 Å². The lowest BCUT2D eigenvalue weighted by molar-refractivity contribution is 0.296. The Kier molecular flexibility index (Phi) is 3.95. The summed E-state index contributed by atoms with van der Waals surface area (Å²) in [6, 6.07) is 3.62. The second kappa shape index (κ2) is 5.20. The fraction of sp³-hybridized carbons (Fsp3) is 0.625. The molecule has 1 unspecified atom stereocenters. The summed E-state index contributed by atoms with van der Waals surface area (Å²) in [5, 5.41) is 0. The van der Waals surface area contributed by atoms with Gasteiger partial charge in [0.25, 0.3) is 0 Å². The van der Waals surface area contributed by atoms with Crippen molar-refractivity contribution >= 4 is 0 Å². The number of benzene rings is 1. The van der Waals surface area contributed by atoms with E-state index in [1.807, 2.05) is 0 Å². The standard InChI is InChI=1S/C16H23F2N/c1-15(2)6-3-7-16(19,9-8-15)11-12-10-13(17)4-5-14(12)18/h4-5,10H,3,6-9,11,19H2,1-2H3. The lowest BCUT2D eigenvalue weighted by Gasteiger charge is -2.29. The van der Waals surface area contributed by atoms with Crippen molar-refractivity contribution in [3.8, 4) is 0 Å². The van der Waals surface area contributed by atoms with Gasteiger partial charge >= 0.3 is 0 Å². The molecule has 0 bridgehead atoms. The van der Waals surface area contributed by atoms with Gasteiger partial charge in [-0.2, -0.15) is 0 Å². The van der Waals surface area contributed by atoms with Crippen molar-refractivity contribution in [2.75, 3.05) is 0 Å². The molecule has 19 heavy (non-hydrogen) atoms. The molecule has 0 aliphatic heterocycles. The molecule has 0 aromatic heterocycles. The van der Waals surface area contributed by atoms with Crippen LogP contribution in [0.4, 0.5) is 8.78 Å². The van der Waals surface area contributed by atoms with E-state index in [-0.39, 0.29) is 5.82 Å². The van der Waals surface area contributed by atoms with E-state index >= 15 is 0 Å². The maximum Gasteiger partial charge on any atom is 0.126 e. The Hall–Kier alpha value is -0.960. The fourth-order valence-electron chi connectivity index (χ4n) is 2.99. The van der Waals surface area contributed by atoms with E-state index in [9.17, 15) is 8.78 Å². The Morgan fingerprint density at radius 2 is 1.84 bits per heavy atom. The van der Waals surface area contributed by atoms with E-state index in [0.29, 0.717) is 17.4 Å². The van der Waals surface area contributed by atoms with Crippen molar-refractivity contribution in [2.45, 2.75) is 57.9 Å². The number of hydrogen-bond donors (Lipinski definition) is 1. The van der Waals surface area contributed by atoms with Gasteiger partial charge in [-0.3, -0.25) is 0 Å². The van der Waals surface area contributed by atoms with E-state index in [4.69, 9.17) is 5.73 Å². The average molecular weight is 267 g/mol. The van der Waals surface area contributed by atoms with Gasteiger partial charge in [0.05, 0.1) is 0 Å². The Bertz CT molecular complexity index is 456. The predicted octanol–water partition coefficient (Wildman–Crippen LogP) is 4.20. The van der Waals surface area contributed by atoms with E-state index in [1.54, 1.807) is 0 Å². The van der Waals surface area contributed by atoms with Gasteiger partial charge in [-0.05, 0) is 61.3 Å². The third-order valence-electron chi connectivity index (χ3n) is 4.38. The normalized spacial score (nSPS) is 27.0. The molecule has 1 aromatic carbocycles. The highest BCUT2D eigenvalue weighted by Crippen LogP contribution is 2.38. The minimum atomic E-state index is -0.400. The Morgan fingerprint density at radius 1 is 1.11 bits per heavy atom. The molecule has 0 radical (unpaired) electrons. The van der Waals surface area contributed by atoms with Gasteiger partial charge in [0.2, 0.25) is 0 Å². The lowest BCUT2D eigenvalue weighted by atomic mass is 9.81. The molecule has 0 amide bonds. The second-order valence-electron chi connectivity index (χ2n) is 6.79. The lowest BCUT2D eigenvalue weighted by Crippen LogP contribution is -2.42. The van der Waals surface area contributed by atoms with Gasteiger partial charge in [0, 0.05) is 5.54 Å². The van der Waals surface area contributed by atoms with Gasteiger partial charge in [-0.25, -0.2) is 8.78 Å². The summed E-state index contributed by atoms with van der Waals surface area (Å²) in [6.07, 6.45) is 5.42. The van der Waals surface area contributed by atoms with E-state index in [1.165, 1.54) is 12.1 Å². The highest BCUT2D eigenvalue weighted by atomic mass is 19.1. The minimum absolute atomic E-state index is 0.307. The Labute approximate surface area is 114 Å². The van der Waals surface area contributed by atoms with Crippen LogP contribution in [0.2, 0.25) is 0 Å². The molecule has 2 rings (SSSR count). The zero-order chi connectivity index (χ0) is 14.1. The predicted molar refractivity (Wildman–Crippen MR) is 73.8 cm³/mol. The molecule has 2 N–H and O–H groups in total. The number of nitrogens with two attached hydrogens (primary N) is 1. The molecule has 1 fully saturated rings. The smallest absolute Gasteiger partial charge is 0.126 e. The fourth-order valence-corrected chi connectivity index (χ4v) is 2.99. The third-order valence-corrected chi connectivity index (χ3v) is 4.38. The van der Waals surface area contributed by atoms with Crippen LogP contribution >= 0.6 is 0 Å². The molecule has 1 aliphatic rings. The first-order valence-corrected chi connectivity index (χ1v) is 7.03. The Balaban J connectivity index is 2.14. The summed E-state index contributed by atoms with van der Waals surface area (Å²) in [7, 11) is 0. The number of hydrogen-bond acceptors (Lipinski definition) is 1. The summed E-state index contributed by atoms with van der Waals surface area (Å²) >= 11 is 0. The molecule has 3 heteroatoms. The topological polar surface area (TPSA) is 26.0 Å². The quantitative estimate of drug-likeness (QED) is 0.799. The van der Waals surface area contributed by atoms with Gasteiger partial charge in [-0.15, -0.1) is 0 Å². The summed E-state index contributed by atoms with van der Waals surface area (Å²) in [5.74, 6) is -0.747. The molecule has 1 atom stereocenters. The molecule has 0 spiro atoms. The van der Waals surface area contributed by atoms with Crippen LogP contribution in [0, 0.1) is 17.0 Å². The zero-order valence-electron chi connectivity index (χ0n) is 11.8. The van der Waals surface area contributed by atoms with E-state index in [0.717, 1.165) is 38.2 Å². The molecule has 0 heterocycles. The maximum atomic E-state index is 13.7. The average Bonchev–Trinajstić information content (AvgIpc) is 2.44. The van der Waals surface area contributed by atoms with Gasteiger partial charge < -0.3 is 5.73 Å². The molecular formula is C16H23F2N. The zero-order valence-corrected chi connectivity index (χ0v) is 11.8. The van der Waals surface area contributed by atoms with Crippen molar-refractivity contribution in [1.29, 1.82) is 0 Å². The van der Waals surface area contributed by atoms with Crippen molar-refractivity contribution in [3.05, 3.63) is 35.4 Å². The van der Waals surface area contributed by atoms with Crippen LogP contribution in [0.25, 0.3) is 0 Å². The Morgan fingerprint density at radius 3 is 2.58 bits per heavy atom. The number of rotatable bonds is 2. The van der Waals surface area contributed by atoms with E-state index in [2.05, 4.69) is 13.8 Å². The molecule has 0 saturated heterocycles. The summed E-state index contributed by atoms with van der Waals surface area (Å²) in [4.78, 5) is 0. The van der Waals surface area contributed by atoms with Gasteiger partial charge in [-0.1, -0.05) is 20.3 Å². The monoisotopic (exact) mass is 267 g/mol. The first-order valence-electron chi connectivity index (χ1n) is 7.03. The van der Waals surface area contributed by atoms with Crippen LogP contribution in [0.3, 0.4) is 0 Å². The third kappa shape index (κ3) is 3.75. The molecule has 1 saturated carbocycles. The SMILES string of the molecule is CC1(C)CCCC(N)(Cc2cc(F)ccc2F)CC1. The molecule has 1 nitrogen and oxygen atoms in total. The molecule has 106 valence electrons. The summed E-state index contributed by atoms with van der Waals surface area (Å²) < 4.78 is 26.9. The van der Waals surface area contributed by atoms with Crippen molar-refractivity contribution < 1.29 is 8.78 Å². The van der Waals surface area contributed by atoms with Crippen LogP contribution in [0.5, 0.6) is 0 Å².